The molecule has 0 saturated carbocycles. The molecule has 0 saturated heterocycles. The summed E-state index contributed by atoms with van der Waals surface area (Å²) in [4.78, 5) is 16.1. The van der Waals surface area contributed by atoms with Crippen LogP contribution in [-0.2, 0) is 4.79 Å². The highest BCUT2D eigenvalue weighted by atomic mass is 16.2. The van der Waals surface area contributed by atoms with Crippen LogP contribution in [0.15, 0.2) is 0 Å². The highest BCUT2D eigenvalue weighted by molar-refractivity contribution is 5.78. The normalized spacial score (nSPS) is 12.2. The molecule has 0 aromatic carbocycles. The van der Waals surface area contributed by atoms with Crippen LogP contribution in [0.1, 0.15) is 40.5 Å². The molecule has 1 amide bonds. The summed E-state index contributed by atoms with van der Waals surface area (Å²) >= 11 is 0. The van der Waals surface area contributed by atoms with Gasteiger partial charge in [-0.25, -0.2) is 0 Å². The second-order valence-electron chi connectivity index (χ2n) is 4.68. The van der Waals surface area contributed by atoms with Crippen molar-refractivity contribution < 1.29 is 4.79 Å². The molecule has 0 aliphatic heterocycles. The van der Waals surface area contributed by atoms with E-state index in [4.69, 9.17) is 5.26 Å². The van der Waals surface area contributed by atoms with Crippen molar-refractivity contribution >= 4 is 5.91 Å². The number of carbonyl (C=O) groups is 1. The third-order valence-electron chi connectivity index (χ3n) is 3.08. The molecule has 0 spiro atoms. The molecule has 104 valence electrons. The third-order valence-corrected chi connectivity index (χ3v) is 3.08. The maximum atomic E-state index is 12.1. The lowest BCUT2D eigenvalue weighted by atomic mass is 10.2. The molecule has 0 N–H and O–H groups in total. The number of amides is 1. The van der Waals surface area contributed by atoms with E-state index in [1.807, 2.05) is 13.8 Å². The molecule has 0 aliphatic rings. The van der Waals surface area contributed by atoms with E-state index >= 15 is 0 Å². The van der Waals surface area contributed by atoms with E-state index < -0.39 is 0 Å². The number of unbranched alkanes of at least 4 members (excludes halogenated alkanes) is 1. The molecule has 0 rings (SSSR count). The van der Waals surface area contributed by atoms with E-state index in [9.17, 15) is 4.79 Å². The van der Waals surface area contributed by atoms with Crippen LogP contribution < -0.4 is 0 Å². The Balaban J connectivity index is 4.28. The maximum absolute atomic E-state index is 12.1. The summed E-state index contributed by atoms with van der Waals surface area (Å²) < 4.78 is 0. The number of hydrogen-bond donors (Lipinski definition) is 0. The summed E-state index contributed by atoms with van der Waals surface area (Å²) in [5.41, 5.74) is 0. The second-order valence-corrected chi connectivity index (χ2v) is 4.68. The molecular weight excluding hydrogens is 226 g/mol. The van der Waals surface area contributed by atoms with E-state index in [0.717, 1.165) is 25.9 Å². The summed E-state index contributed by atoms with van der Waals surface area (Å²) in [5, 5.41) is 8.81. The van der Waals surface area contributed by atoms with E-state index in [2.05, 4.69) is 24.8 Å². The van der Waals surface area contributed by atoms with Gasteiger partial charge >= 0.3 is 0 Å². The zero-order chi connectivity index (χ0) is 14.0. The van der Waals surface area contributed by atoms with Crippen molar-refractivity contribution in [3.63, 3.8) is 0 Å². The van der Waals surface area contributed by atoms with Gasteiger partial charge in [-0.1, -0.05) is 20.3 Å². The van der Waals surface area contributed by atoms with Gasteiger partial charge in [-0.15, -0.1) is 0 Å². The Hall–Kier alpha value is -1.08. The Labute approximate surface area is 112 Å². The predicted molar refractivity (Wildman–Crippen MR) is 74.1 cm³/mol. The zero-order valence-electron chi connectivity index (χ0n) is 12.3. The number of likely N-dealkylation sites (N-methyl/N-ethyl adjacent to an activating group) is 2. The van der Waals surface area contributed by atoms with Crippen LogP contribution in [0.2, 0.25) is 0 Å². The lowest BCUT2D eigenvalue weighted by Crippen LogP contribution is -2.42. The molecule has 0 fully saturated rings. The number of nitriles is 1. The Morgan fingerprint density at radius 1 is 1.28 bits per heavy atom. The first-order valence-electron chi connectivity index (χ1n) is 6.98. The van der Waals surface area contributed by atoms with Gasteiger partial charge < -0.3 is 4.90 Å². The van der Waals surface area contributed by atoms with Crippen LogP contribution in [0.4, 0.5) is 0 Å². The van der Waals surface area contributed by atoms with Gasteiger partial charge in [0.15, 0.2) is 0 Å². The first-order chi connectivity index (χ1) is 8.58. The predicted octanol–water partition coefficient (Wildman–Crippen LogP) is 2.12. The van der Waals surface area contributed by atoms with Crippen LogP contribution in [0.3, 0.4) is 0 Å². The van der Waals surface area contributed by atoms with Crippen molar-refractivity contribution in [1.82, 2.24) is 9.80 Å². The van der Waals surface area contributed by atoms with Crippen LogP contribution in [-0.4, -0.2) is 48.4 Å². The van der Waals surface area contributed by atoms with Gasteiger partial charge in [-0.2, -0.15) is 5.26 Å². The number of carbonyl (C=O) groups excluding carboxylic acids is 1. The fourth-order valence-electron chi connectivity index (χ4n) is 1.80. The van der Waals surface area contributed by atoms with E-state index in [1.165, 1.54) is 0 Å². The summed E-state index contributed by atoms with van der Waals surface area (Å²) in [7, 11) is 0. The van der Waals surface area contributed by atoms with Gasteiger partial charge in [0.2, 0.25) is 5.91 Å². The molecule has 4 heteroatoms. The standard InChI is InChI=1S/C14H27N3O/c1-5-8-9-16(6-2)12-14(18)17(7-3)11-13(4)10-15/h13H,5-9,11-12H2,1-4H3. The topological polar surface area (TPSA) is 47.3 Å². The summed E-state index contributed by atoms with van der Waals surface area (Å²) in [5.74, 6) is 0.0390. The molecule has 0 radical (unpaired) electrons. The molecule has 0 aromatic rings. The highest BCUT2D eigenvalue weighted by Crippen LogP contribution is 2.02. The largest absolute Gasteiger partial charge is 0.341 e. The van der Waals surface area contributed by atoms with Crippen LogP contribution in [0.5, 0.6) is 0 Å². The van der Waals surface area contributed by atoms with Crippen molar-refractivity contribution in [2.45, 2.75) is 40.5 Å². The molecule has 1 unspecified atom stereocenters. The number of hydrogen-bond acceptors (Lipinski definition) is 3. The first-order valence-corrected chi connectivity index (χ1v) is 6.98. The molecule has 0 aliphatic carbocycles. The van der Waals surface area contributed by atoms with E-state index in [0.29, 0.717) is 19.6 Å². The Morgan fingerprint density at radius 2 is 1.94 bits per heavy atom. The van der Waals surface area contributed by atoms with E-state index in [1.54, 1.807) is 4.90 Å². The van der Waals surface area contributed by atoms with Crippen molar-refractivity contribution in [3.05, 3.63) is 0 Å². The van der Waals surface area contributed by atoms with Crippen molar-refractivity contribution in [2.24, 2.45) is 5.92 Å². The van der Waals surface area contributed by atoms with Crippen LogP contribution >= 0.6 is 0 Å². The molecule has 18 heavy (non-hydrogen) atoms. The lowest BCUT2D eigenvalue weighted by molar-refractivity contribution is -0.132. The molecular formula is C14H27N3O. The van der Waals surface area contributed by atoms with Crippen molar-refractivity contribution in [2.75, 3.05) is 32.7 Å². The Morgan fingerprint density at radius 3 is 2.39 bits per heavy atom. The van der Waals surface area contributed by atoms with Gasteiger partial charge in [0.1, 0.15) is 0 Å². The van der Waals surface area contributed by atoms with Gasteiger partial charge in [-0.3, -0.25) is 9.69 Å². The van der Waals surface area contributed by atoms with Crippen LogP contribution in [0.25, 0.3) is 0 Å². The monoisotopic (exact) mass is 253 g/mol. The fraction of sp³-hybridized carbons (Fsp3) is 0.857. The quantitative estimate of drug-likeness (QED) is 0.632. The molecule has 0 bridgehead atoms. The van der Waals surface area contributed by atoms with Gasteiger partial charge in [0.05, 0.1) is 18.5 Å². The van der Waals surface area contributed by atoms with Gasteiger partial charge in [0, 0.05) is 13.1 Å². The fourth-order valence-corrected chi connectivity index (χ4v) is 1.80. The first kappa shape index (κ1) is 16.9. The number of rotatable bonds is 9. The third kappa shape index (κ3) is 6.61. The van der Waals surface area contributed by atoms with Gasteiger partial charge in [0.25, 0.3) is 0 Å². The van der Waals surface area contributed by atoms with Gasteiger partial charge in [-0.05, 0) is 33.4 Å². The minimum atomic E-state index is -0.0976. The minimum absolute atomic E-state index is 0.0976. The molecule has 1 atom stereocenters. The summed E-state index contributed by atoms with van der Waals surface area (Å²) in [6.45, 7) is 11.6. The second kappa shape index (κ2) is 9.90. The maximum Gasteiger partial charge on any atom is 0.236 e. The summed E-state index contributed by atoms with van der Waals surface area (Å²) in [6.07, 6.45) is 2.27. The highest BCUT2D eigenvalue weighted by Gasteiger charge is 2.17. The Bertz CT molecular complexity index is 273. The van der Waals surface area contributed by atoms with Crippen LogP contribution in [0, 0.1) is 17.2 Å². The molecule has 4 nitrogen and oxygen atoms in total. The average molecular weight is 253 g/mol. The number of nitrogens with zero attached hydrogens (tertiary/aromatic N) is 3. The van der Waals surface area contributed by atoms with Crippen molar-refractivity contribution in [3.8, 4) is 6.07 Å². The molecule has 0 heterocycles. The smallest absolute Gasteiger partial charge is 0.236 e. The lowest BCUT2D eigenvalue weighted by Gasteiger charge is -2.26. The van der Waals surface area contributed by atoms with E-state index in [-0.39, 0.29) is 11.8 Å². The Kier molecular flexibility index (Phi) is 9.31. The zero-order valence-corrected chi connectivity index (χ0v) is 12.3. The minimum Gasteiger partial charge on any atom is -0.341 e. The SMILES string of the molecule is CCCCN(CC)CC(=O)N(CC)CC(C)C#N. The summed E-state index contributed by atoms with van der Waals surface area (Å²) in [6, 6.07) is 2.18. The van der Waals surface area contributed by atoms with Crippen molar-refractivity contribution in [1.29, 1.82) is 5.26 Å². The molecule has 0 aromatic heterocycles. The average Bonchev–Trinajstić information content (AvgIpc) is 2.39.